The first-order valence-corrected chi connectivity index (χ1v) is 6.65. The molecule has 19 heavy (non-hydrogen) atoms. The van der Waals surface area contributed by atoms with Crippen molar-refractivity contribution in [1.29, 1.82) is 0 Å². The third-order valence-electron chi connectivity index (χ3n) is 2.69. The second-order valence-corrected chi connectivity index (χ2v) is 5.17. The highest BCUT2D eigenvalue weighted by atomic mass is 79.9. The summed E-state index contributed by atoms with van der Waals surface area (Å²) in [5, 5.41) is 2.88. The maximum Gasteiger partial charge on any atom is 0.248 e. The van der Waals surface area contributed by atoms with Crippen LogP contribution in [0, 0.1) is 13.8 Å². The average molecular weight is 320 g/mol. The zero-order valence-corrected chi connectivity index (χ0v) is 12.3. The molecule has 0 bridgehead atoms. The predicted molar refractivity (Wildman–Crippen MR) is 80.0 cm³/mol. The van der Waals surface area contributed by atoms with Crippen LogP contribution in [-0.2, 0) is 4.79 Å². The summed E-state index contributed by atoms with van der Waals surface area (Å²) < 4.78 is 6.13. The molecule has 1 heterocycles. The Morgan fingerprint density at radius 2 is 2.00 bits per heavy atom. The Morgan fingerprint density at radius 3 is 2.58 bits per heavy atom. The van der Waals surface area contributed by atoms with Crippen LogP contribution in [0.3, 0.4) is 0 Å². The van der Waals surface area contributed by atoms with Gasteiger partial charge in [-0.15, -0.1) is 0 Å². The van der Waals surface area contributed by atoms with Crippen molar-refractivity contribution in [2.45, 2.75) is 13.8 Å². The van der Waals surface area contributed by atoms with Crippen molar-refractivity contribution in [3.63, 3.8) is 0 Å². The fraction of sp³-hybridized carbons (Fsp3) is 0.133. The average Bonchev–Trinajstić information content (AvgIpc) is 2.84. The number of halogens is 1. The third-order valence-corrected chi connectivity index (χ3v) is 3.15. The van der Waals surface area contributed by atoms with Crippen molar-refractivity contribution in [2.75, 3.05) is 5.32 Å². The molecule has 1 N–H and O–H groups in total. The minimum atomic E-state index is -0.176. The number of amides is 1. The molecule has 2 rings (SSSR count). The van der Waals surface area contributed by atoms with Gasteiger partial charge in [0.1, 0.15) is 5.76 Å². The first-order chi connectivity index (χ1) is 9.06. The zero-order chi connectivity index (χ0) is 13.8. The second-order valence-electron chi connectivity index (χ2n) is 4.25. The summed E-state index contributed by atoms with van der Waals surface area (Å²) >= 11 is 3.43. The zero-order valence-electron chi connectivity index (χ0n) is 10.7. The van der Waals surface area contributed by atoms with E-state index in [-0.39, 0.29) is 5.91 Å². The van der Waals surface area contributed by atoms with Crippen molar-refractivity contribution in [2.24, 2.45) is 0 Å². The maximum atomic E-state index is 11.8. The molecule has 1 aromatic heterocycles. The van der Waals surface area contributed by atoms with E-state index in [1.165, 1.54) is 6.08 Å². The third kappa shape index (κ3) is 3.58. The fourth-order valence-corrected chi connectivity index (χ4v) is 2.50. The van der Waals surface area contributed by atoms with Gasteiger partial charge in [0.25, 0.3) is 0 Å². The van der Waals surface area contributed by atoms with E-state index in [9.17, 15) is 4.79 Å². The lowest BCUT2D eigenvalue weighted by molar-refractivity contribution is -0.111. The quantitative estimate of drug-likeness (QED) is 0.856. The number of anilines is 1. The van der Waals surface area contributed by atoms with Gasteiger partial charge in [0, 0.05) is 16.2 Å². The number of hydrogen-bond acceptors (Lipinski definition) is 2. The standard InChI is InChI=1S/C15H14BrNO2/c1-10-8-12(16)9-11(2)15(10)17-14(18)6-5-13-4-3-7-19-13/h3-9H,1-2H3,(H,17,18). The van der Waals surface area contributed by atoms with Crippen LogP contribution >= 0.6 is 15.9 Å². The Labute approximate surface area is 120 Å². The molecule has 0 aliphatic rings. The Bertz CT molecular complexity index is 592. The molecular formula is C15H14BrNO2. The SMILES string of the molecule is Cc1cc(Br)cc(C)c1NC(=O)C=Cc1ccco1. The minimum Gasteiger partial charge on any atom is -0.465 e. The van der Waals surface area contributed by atoms with Gasteiger partial charge in [-0.3, -0.25) is 4.79 Å². The number of hydrogen-bond donors (Lipinski definition) is 1. The Balaban J connectivity index is 2.11. The molecule has 98 valence electrons. The molecule has 0 atom stereocenters. The molecule has 0 saturated heterocycles. The van der Waals surface area contributed by atoms with Crippen LogP contribution in [0.4, 0.5) is 5.69 Å². The number of benzene rings is 1. The lowest BCUT2D eigenvalue weighted by atomic mass is 10.1. The highest BCUT2D eigenvalue weighted by molar-refractivity contribution is 9.10. The van der Waals surface area contributed by atoms with Gasteiger partial charge in [-0.25, -0.2) is 0 Å². The van der Waals surface area contributed by atoms with E-state index in [0.717, 1.165) is 21.3 Å². The molecule has 1 aromatic carbocycles. The first-order valence-electron chi connectivity index (χ1n) is 5.85. The van der Waals surface area contributed by atoms with E-state index in [0.29, 0.717) is 5.76 Å². The summed E-state index contributed by atoms with van der Waals surface area (Å²) in [6.45, 7) is 3.92. The van der Waals surface area contributed by atoms with Crippen molar-refractivity contribution in [3.8, 4) is 0 Å². The summed E-state index contributed by atoms with van der Waals surface area (Å²) in [4.78, 5) is 11.8. The van der Waals surface area contributed by atoms with Crippen molar-refractivity contribution in [3.05, 3.63) is 58.0 Å². The molecule has 2 aromatic rings. The summed E-state index contributed by atoms with van der Waals surface area (Å²) in [5.74, 6) is 0.476. The van der Waals surface area contributed by atoms with E-state index < -0.39 is 0 Å². The van der Waals surface area contributed by atoms with Gasteiger partial charge in [-0.1, -0.05) is 15.9 Å². The molecule has 1 amide bonds. The number of carbonyl (C=O) groups excluding carboxylic acids is 1. The Morgan fingerprint density at radius 1 is 1.32 bits per heavy atom. The number of nitrogens with one attached hydrogen (secondary N) is 1. The molecule has 0 spiro atoms. The van der Waals surface area contributed by atoms with Crippen molar-refractivity contribution >= 4 is 33.6 Å². The van der Waals surface area contributed by atoms with E-state index >= 15 is 0 Å². The van der Waals surface area contributed by atoms with Crippen LogP contribution in [0.2, 0.25) is 0 Å². The maximum absolute atomic E-state index is 11.8. The highest BCUT2D eigenvalue weighted by Crippen LogP contribution is 2.25. The fourth-order valence-electron chi connectivity index (χ4n) is 1.82. The van der Waals surface area contributed by atoms with Gasteiger partial charge in [0.15, 0.2) is 0 Å². The normalized spacial score (nSPS) is 10.9. The predicted octanol–water partition coefficient (Wildman–Crippen LogP) is 4.31. The molecule has 0 unspecified atom stereocenters. The van der Waals surface area contributed by atoms with Gasteiger partial charge < -0.3 is 9.73 Å². The molecule has 0 aliphatic carbocycles. The monoisotopic (exact) mass is 319 g/mol. The summed E-state index contributed by atoms with van der Waals surface area (Å²) in [5.41, 5.74) is 2.88. The van der Waals surface area contributed by atoms with Crippen LogP contribution in [-0.4, -0.2) is 5.91 Å². The van der Waals surface area contributed by atoms with Gasteiger partial charge in [0.2, 0.25) is 5.91 Å². The highest BCUT2D eigenvalue weighted by Gasteiger charge is 2.06. The van der Waals surface area contributed by atoms with Gasteiger partial charge in [-0.2, -0.15) is 0 Å². The van der Waals surface area contributed by atoms with Crippen molar-refractivity contribution in [1.82, 2.24) is 0 Å². The van der Waals surface area contributed by atoms with Gasteiger partial charge in [0.05, 0.1) is 6.26 Å². The van der Waals surface area contributed by atoms with E-state index in [1.807, 2.05) is 26.0 Å². The van der Waals surface area contributed by atoms with Crippen LogP contribution in [0.5, 0.6) is 0 Å². The first kappa shape index (κ1) is 13.6. The van der Waals surface area contributed by atoms with E-state index in [4.69, 9.17) is 4.42 Å². The van der Waals surface area contributed by atoms with Gasteiger partial charge >= 0.3 is 0 Å². The number of furan rings is 1. The lowest BCUT2D eigenvalue weighted by Gasteiger charge is -2.10. The minimum absolute atomic E-state index is 0.176. The molecule has 0 saturated carbocycles. The lowest BCUT2D eigenvalue weighted by Crippen LogP contribution is -2.10. The van der Waals surface area contributed by atoms with Gasteiger partial charge in [-0.05, 0) is 55.3 Å². The van der Waals surface area contributed by atoms with Crippen LogP contribution < -0.4 is 5.32 Å². The van der Waals surface area contributed by atoms with Crippen LogP contribution in [0.1, 0.15) is 16.9 Å². The number of aryl methyl sites for hydroxylation is 2. The molecular weight excluding hydrogens is 306 g/mol. The smallest absolute Gasteiger partial charge is 0.248 e. The Hall–Kier alpha value is -1.81. The molecule has 0 aliphatic heterocycles. The number of rotatable bonds is 3. The Kier molecular flexibility index (Phi) is 4.22. The topological polar surface area (TPSA) is 42.2 Å². The molecule has 3 nitrogen and oxygen atoms in total. The number of carbonyl (C=O) groups is 1. The van der Waals surface area contributed by atoms with E-state index in [1.54, 1.807) is 24.5 Å². The van der Waals surface area contributed by atoms with Crippen molar-refractivity contribution < 1.29 is 9.21 Å². The second kappa shape index (κ2) is 5.89. The molecule has 0 radical (unpaired) electrons. The molecule has 4 heteroatoms. The van der Waals surface area contributed by atoms with E-state index in [2.05, 4.69) is 21.2 Å². The summed E-state index contributed by atoms with van der Waals surface area (Å²) in [7, 11) is 0. The van der Waals surface area contributed by atoms with Crippen LogP contribution in [0.25, 0.3) is 6.08 Å². The van der Waals surface area contributed by atoms with Crippen LogP contribution in [0.15, 0.2) is 45.5 Å². The summed E-state index contributed by atoms with van der Waals surface area (Å²) in [6.07, 6.45) is 4.67. The molecule has 0 fully saturated rings. The largest absolute Gasteiger partial charge is 0.465 e. The summed E-state index contributed by atoms with van der Waals surface area (Å²) in [6, 6.07) is 7.51.